The lowest BCUT2D eigenvalue weighted by molar-refractivity contribution is -0.383. The lowest BCUT2D eigenvalue weighted by Gasteiger charge is -2.31. The molecule has 0 amide bonds. The minimum absolute atomic E-state index is 0.00807. The molecule has 1 aromatic carbocycles. The molecule has 1 atom stereocenters. The zero-order valence-corrected chi connectivity index (χ0v) is 11.9. The van der Waals surface area contributed by atoms with Crippen LogP contribution in [0.2, 0.25) is 0 Å². The van der Waals surface area contributed by atoms with Crippen LogP contribution in [0.5, 0.6) is 0 Å². The molecule has 0 radical (unpaired) electrons. The highest BCUT2D eigenvalue weighted by Crippen LogP contribution is 2.30. The fraction of sp³-hybridized carbons (Fsp3) is 0.500. The molecule has 1 aliphatic heterocycles. The second kappa shape index (κ2) is 5.69. The standard InChI is InChI=1S/C14H18N4O3/c1-15-8-10-4-3-7-17(9-10)14-16-13-11(18(19)20)5-2-6-12(13)21-14/h2,5-6,10,15H,3-4,7-9H2,1H3. The molecule has 0 bridgehead atoms. The number of hydrogen-bond acceptors (Lipinski definition) is 6. The van der Waals surface area contributed by atoms with Gasteiger partial charge in [-0.3, -0.25) is 10.1 Å². The van der Waals surface area contributed by atoms with Crippen LogP contribution in [0.4, 0.5) is 11.7 Å². The van der Waals surface area contributed by atoms with Crippen LogP contribution in [0, 0.1) is 16.0 Å². The second-order valence-corrected chi connectivity index (χ2v) is 5.39. The van der Waals surface area contributed by atoms with Gasteiger partial charge in [-0.15, -0.1) is 0 Å². The number of benzene rings is 1. The second-order valence-electron chi connectivity index (χ2n) is 5.39. The molecule has 1 unspecified atom stereocenters. The summed E-state index contributed by atoms with van der Waals surface area (Å²) in [4.78, 5) is 17.0. The minimum atomic E-state index is -0.422. The Balaban J connectivity index is 1.90. The summed E-state index contributed by atoms with van der Waals surface area (Å²) in [5.74, 6) is 0.550. The highest BCUT2D eigenvalue weighted by molar-refractivity contribution is 5.84. The molecule has 3 rings (SSSR count). The van der Waals surface area contributed by atoms with E-state index >= 15 is 0 Å². The lowest BCUT2D eigenvalue weighted by Crippen LogP contribution is -2.39. The summed E-state index contributed by atoms with van der Waals surface area (Å²) >= 11 is 0. The third-order valence-corrected chi connectivity index (χ3v) is 3.87. The maximum Gasteiger partial charge on any atom is 0.298 e. The third kappa shape index (κ3) is 2.69. The van der Waals surface area contributed by atoms with Crippen molar-refractivity contribution in [2.24, 2.45) is 5.92 Å². The summed E-state index contributed by atoms with van der Waals surface area (Å²) in [5.41, 5.74) is 0.787. The van der Waals surface area contributed by atoms with E-state index in [9.17, 15) is 10.1 Å². The number of para-hydroxylation sites is 1. The van der Waals surface area contributed by atoms with Crippen molar-refractivity contribution in [2.45, 2.75) is 12.8 Å². The first-order chi connectivity index (χ1) is 10.2. The van der Waals surface area contributed by atoms with E-state index in [1.165, 1.54) is 12.5 Å². The Morgan fingerprint density at radius 3 is 3.19 bits per heavy atom. The predicted octanol–water partition coefficient (Wildman–Crippen LogP) is 2.17. The Bertz CT molecular complexity index is 653. The molecule has 1 N–H and O–H groups in total. The Morgan fingerprint density at radius 2 is 2.43 bits per heavy atom. The molecule has 2 aromatic rings. The van der Waals surface area contributed by atoms with E-state index in [0.29, 0.717) is 23.0 Å². The van der Waals surface area contributed by atoms with Gasteiger partial charge in [-0.05, 0) is 38.4 Å². The molecule has 112 valence electrons. The van der Waals surface area contributed by atoms with E-state index in [2.05, 4.69) is 15.2 Å². The molecule has 7 heteroatoms. The molecule has 0 aliphatic carbocycles. The first kappa shape index (κ1) is 13.8. The van der Waals surface area contributed by atoms with Crippen molar-refractivity contribution in [3.63, 3.8) is 0 Å². The zero-order valence-electron chi connectivity index (χ0n) is 11.9. The highest BCUT2D eigenvalue weighted by atomic mass is 16.6. The summed E-state index contributed by atoms with van der Waals surface area (Å²) in [6.07, 6.45) is 2.25. The molecular weight excluding hydrogens is 272 g/mol. The molecular formula is C14H18N4O3. The van der Waals surface area contributed by atoms with Crippen molar-refractivity contribution >= 4 is 22.8 Å². The number of nitrogens with one attached hydrogen (secondary N) is 1. The van der Waals surface area contributed by atoms with Gasteiger partial charge in [0.2, 0.25) is 0 Å². The highest BCUT2D eigenvalue weighted by Gasteiger charge is 2.25. The Hall–Kier alpha value is -2.15. The Labute approximate surface area is 122 Å². The van der Waals surface area contributed by atoms with Gasteiger partial charge in [-0.25, -0.2) is 0 Å². The molecule has 0 spiro atoms. The van der Waals surface area contributed by atoms with Crippen molar-refractivity contribution in [2.75, 3.05) is 31.6 Å². The zero-order chi connectivity index (χ0) is 14.8. The van der Waals surface area contributed by atoms with Crippen LogP contribution in [0.15, 0.2) is 22.6 Å². The van der Waals surface area contributed by atoms with Crippen molar-refractivity contribution < 1.29 is 9.34 Å². The van der Waals surface area contributed by atoms with Crippen LogP contribution >= 0.6 is 0 Å². The molecule has 0 saturated carbocycles. The van der Waals surface area contributed by atoms with Gasteiger partial charge >= 0.3 is 0 Å². The number of anilines is 1. The van der Waals surface area contributed by atoms with E-state index in [0.717, 1.165) is 26.1 Å². The third-order valence-electron chi connectivity index (χ3n) is 3.87. The van der Waals surface area contributed by atoms with Crippen molar-refractivity contribution in [1.82, 2.24) is 10.3 Å². The van der Waals surface area contributed by atoms with Crippen molar-refractivity contribution in [3.05, 3.63) is 28.3 Å². The number of fused-ring (bicyclic) bond motifs is 1. The summed E-state index contributed by atoms with van der Waals surface area (Å²) < 4.78 is 5.71. The number of hydrogen-bond donors (Lipinski definition) is 1. The minimum Gasteiger partial charge on any atom is -0.423 e. The van der Waals surface area contributed by atoms with Crippen LogP contribution in [0.25, 0.3) is 11.1 Å². The van der Waals surface area contributed by atoms with E-state index in [1.807, 2.05) is 7.05 Å². The van der Waals surface area contributed by atoms with E-state index in [4.69, 9.17) is 4.42 Å². The number of aromatic nitrogens is 1. The number of nitro benzene ring substituents is 1. The van der Waals surface area contributed by atoms with Gasteiger partial charge in [0.1, 0.15) is 0 Å². The smallest absolute Gasteiger partial charge is 0.298 e. The number of nitro groups is 1. The number of rotatable bonds is 4. The van der Waals surface area contributed by atoms with Crippen LogP contribution in [0.1, 0.15) is 12.8 Å². The van der Waals surface area contributed by atoms with Gasteiger partial charge in [0, 0.05) is 19.2 Å². The maximum absolute atomic E-state index is 11.0. The normalized spacial score (nSPS) is 19.1. The molecule has 1 saturated heterocycles. The van der Waals surface area contributed by atoms with Crippen LogP contribution in [-0.4, -0.2) is 36.6 Å². The van der Waals surface area contributed by atoms with Crippen molar-refractivity contribution in [1.29, 1.82) is 0 Å². The fourth-order valence-electron chi connectivity index (χ4n) is 2.90. The van der Waals surface area contributed by atoms with Gasteiger partial charge in [-0.1, -0.05) is 6.07 Å². The first-order valence-corrected chi connectivity index (χ1v) is 7.12. The maximum atomic E-state index is 11.0. The average Bonchev–Trinajstić information content (AvgIpc) is 2.91. The Kier molecular flexibility index (Phi) is 3.74. The van der Waals surface area contributed by atoms with Crippen LogP contribution in [-0.2, 0) is 0 Å². The monoisotopic (exact) mass is 290 g/mol. The fourth-order valence-corrected chi connectivity index (χ4v) is 2.90. The van der Waals surface area contributed by atoms with Gasteiger partial charge in [0.15, 0.2) is 11.1 Å². The number of nitrogens with zero attached hydrogens (tertiary/aromatic N) is 3. The van der Waals surface area contributed by atoms with Gasteiger partial charge in [0.05, 0.1) is 4.92 Å². The van der Waals surface area contributed by atoms with E-state index < -0.39 is 4.92 Å². The average molecular weight is 290 g/mol. The molecule has 2 heterocycles. The topological polar surface area (TPSA) is 84.4 Å². The summed E-state index contributed by atoms with van der Waals surface area (Å²) in [7, 11) is 1.95. The first-order valence-electron chi connectivity index (χ1n) is 7.12. The van der Waals surface area contributed by atoms with Gasteiger partial charge in [-0.2, -0.15) is 4.98 Å². The largest absolute Gasteiger partial charge is 0.423 e. The van der Waals surface area contributed by atoms with E-state index in [-0.39, 0.29) is 5.69 Å². The predicted molar refractivity (Wildman–Crippen MR) is 79.5 cm³/mol. The summed E-state index contributed by atoms with van der Waals surface area (Å²) in [6.45, 7) is 2.69. The van der Waals surface area contributed by atoms with Gasteiger partial charge < -0.3 is 14.6 Å². The Morgan fingerprint density at radius 1 is 1.57 bits per heavy atom. The molecule has 1 aromatic heterocycles. The van der Waals surface area contributed by atoms with Crippen molar-refractivity contribution in [3.8, 4) is 0 Å². The summed E-state index contributed by atoms with van der Waals surface area (Å²) in [5, 5.41) is 14.2. The summed E-state index contributed by atoms with van der Waals surface area (Å²) in [6, 6.07) is 5.28. The lowest BCUT2D eigenvalue weighted by atomic mass is 9.98. The quantitative estimate of drug-likeness (QED) is 0.686. The molecule has 1 fully saturated rings. The number of oxazole rings is 1. The molecule has 1 aliphatic rings. The van der Waals surface area contributed by atoms with Gasteiger partial charge in [0.25, 0.3) is 11.7 Å². The SMILES string of the molecule is CNCC1CCCN(c2nc3c([N+](=O)[O-])cccc3o2)C1. The number of piperidine rings is 1. The van der Waals surface area contributed by atoms with E-state index in [1.54, 1.807) is 12.1 Å². The van der Waals surface area contributed by atoms with Crippen LogP contribution in [0.3, 0.4) is 0 Å². The molecule has 21 heavy (non-hydrogen) atoms. The molecule has 7 nitrogen and oxygen atoms in total. The number of non-ortho nitro benzene ring substituents is 1. The van der Waals surface area contributed by atoms with Crippen LogP contribution < -0.4 is 10.2 Å².